The van der Waals surface area contributed by atoms with Gasteiger partial charge in [-0.1, -0.05) is 17.9 Å². The van der Waals surface area contributed by atoms with Gasteiger partial charge in [0.2, 0.25) is 0 Å². The molecule has 7 heteroatoms. The van der Waals surface area contributed by atoms with E-state index in [9.17, 15) is 9.18 Å². The van der Waals surface area contributed by atoms with E-state index in [1.54, 1.807) is 36.7 Å². The van der Waals surface area contributed by atoms with Crippen LogP contribution in [0.5, 0.6) is 0 Å². The smallest absolute Gasteiger partial charge is 0.256 e. The number of aliphatic hydroxyl groups is 1. The fourth-order valence-electron chi connectivity index (χ4n) is 2.89. The van der Waals surface area contributed by atoms with Crippen molar-refractivity contribution in [1.82, 2.24) is 14.9 Å². The predicted octanol–water partition coefficient (Wildman–Crippen LogP) is 2.64. The van der Waals surface area contributed by atoms with Gasteiger partial charge in [0.25, 0.3) is 5.91 Å². The van der Waals surface area contributed by atoms with Crippen LogP contribution in [-0.2, 0) is 0 Å². The van der Waals surface area contributed by atoms with Crippen molar-refractivity contribution in [1.29, 1.82) is 0 Å². The molecule has 2 aromatic heterocycles. The Bertz CT molecular complexity index is 1130. The van der Waals surface area contributed by atoms with Crippen LogP contribution in [0.4, 0.5) is 10.2 Å². The van der Waals surface area contributed by atoms with Crippen LogP contribution in [0.1, 0.15) is 27.2 Å². The average molecular weight is 404 g/mol. The van der Waals surface area contributed by atoms with Crippen LogP contribution in [0, 0.1) is 24.6 Å². The maximum absolute atomic E-state index is 14.4. The van der Waals surface area contributed by atoms with E-state index >= 15 is 0 Å². The molecule has 3 N–H and O–H groups in total. The van der Waals surface area contributed by atoms with Crippen molar-refractivity contribution in [2.24, 2.45) is 0 Å². The number of hydrogen-bond acceptors (Lipinski definition) is 5. The molecular formula is C23H21FN4O2. The fourth-order valence-corrected chi connectivity index (χ4v) is 2.89. The number of aliphatic hydroxyl groups excluding tert-OH is 1. The third kappa shape index (κ3) is 4.62. The summed E-state index contributed by atoms with van der Waals surface area (Å²) in [6.45, 7) is 1.75. The average Bonchev–Trinajstić information content (AvgIpc) is 2.74. The Morgan fingerprint density at radius 1 is 1.20 bits per heavy atom. The zero-order valence-electron chi connectivity index (χ0n) is 16.7. The summed E-state index contributed by atoms with van der Waals surface area (Å²) in [5.41, 5.74) is 8.98. The van der Waals surface area contributed by atoms with E-state index in [1.165, 1.54) is 24.1 Å². The van der Waals surface area contributed by atoms with E-state index < -0.39 is 11.7 Å². The van der Waals surface area contributed by atoms with Gasteiger partial charge in [-0.25, -0.2) is 9.37 Å². The number of halogens is 1. The SMILES string of the molecule is Cc1nccc(-c2ccc(F)c(C(=O)N(C)CCO)c2)c1C#Cc1ccc(N)nc1. The van der Waals surface area contributed by atoms with Crippen LogP contribution in [0.2, 0.25) is 0 Å². The van der Waals surface area contributed by atoms with Crippen molar-refractivity contribution in [3.8, 4) is 23.0 Å². The van der Waals surface area contributed by atoms with Crippen molar-refractivity contribution in [3.63, 3.8) is 0 Å². The molecule has 30 heavy (non-hydrogen) atoms. The Morgan fingerprint density at radius 2 is 2.00 bits per heavy atom. The Morgan fingerprint density at radius 3 is 2.70 bits per heavy atom. The zero-order chi connectivity index (χ0) is 21.7. The third-order valence-corrected chi connectivity index (χ3v) is 4.55. The monoisotopic (exact) mass is 404 g/mol. The van der Waals surface area contributed by atoms with Crippen LogP contribution in [-0.4, -0.2) is 46.1 Å². The van der Waals surface area contributed by atoms with E-state index in [2.05, 4.69) is 21.8 Å². The van der Waals surface area contributed by atoms with Crippen molar-refractivity contribution < 1.29 is 14.3 Å². The van der Waals surface area contributed by atoms with Crippen LogP contribution in [0.25, 0.3) is 11.1 Å². The first-order valence-electron chi connectivity index (χ1n) is 9.26. The molecule has 0 aliphatic heterocycles. The highest BCUT2D eigenvalue weighted by Crippen LogP contribution is 2.27. The van der Waals surface area contributed by atoms with Gasteiger partial charge in [-0.2, -0.15) is 0 Å². The number of likely N-dealkylation sites (N-methyl/N-ethyl adjacent to an activating group) is 1. The Balaban J connectivity index is 2.05. The molecule has 0 radical (unpaired) electrons. The largest absolute Gasteiger partial charge is 0.395 e. The van der Waals surface area contributed by atoms with Crippen LogP contribution in [0.3, 0.4) is 0 Å². The van der Waals surface area contributed by atoms with Crippen molar-refractivity contribution in [3.05, 3.63) is 77.0 Å². The Hall–Kier alpha value is -3.76. The van der Waals surface area contributed by atoms with Crippen molar-refractivity contribution in [2.75, 3.05) is 25.9 Å². The summed E-state index contributed by atoms with van der Waals surface area (Å²) in [6.07, 6.45) is 3.22. The highest BCUT2D eigenvalue weighted by Gasteiger charge is 2.18. The summed E-state index contributed by atoms with van der Waals surface area (Å²) >= 11 is 0. The number of pyridine rings is 2. The highest BCUT2D eigenvalue weighted by atomic mass is 19.1. The summed E-state index contributed by atoms with van der Waals surface area (Å²) in [5, 5.41) is 9.05. The van der Waals surface area contributed by atoms with Gasteiger partial charge in [-0.3, -0.25) is 9.78 Å². The van der Waals surface area contributed by atoms with Crippen molar-refractivity contribution in [2.45, 2.75) is 6.92 Å². The topological polar surface area (TPSA) is 92.3 Å². The first-order chi connectivity index (χ1) is 14.4. The second-order valence-electron chi connectivity index (χ2n) is 6.69. The van der Waals surface area contributed by atoms with Gasteiger partial charge in [0, 0.05) is 37.1 Å². The van der Waals surface area contributed by atoms with Gasteiger partial charge in [-0.05, 0) is 42.8 Å². The number of carbonyl (C=O) groups excluding carboxylic acids is 1. The van der Waals surface area contributed by atoms with E-state index in [4.69, 9.17) is 10.8 Å². The minimum absolute atomic E-state index is 0.0699. The molecule has 2 heterocycles. The summed E-state index contributed by atoms with van der Waals surface area (Å²) in [4.78, 5) is 22.1. The lowest BCUT2D eigenvalue weighted by atomic mass is 9.97. The molecule has 3 rings (SSSR count). The summed E-state index contributed by atoms with van der Waals surface area (Å²) in [7, 11) is 1.51. The predicted molar refractivity (Wildman–Crippen MR) is 113 cm³/mol. The number of benzene rings is 1. The van der Waals surface area contributed by atoms with E-state index in [1.807, 2.05) is 6.92 Å². The molecule has 6 nitrogen and oxygen atoms in total. The lowest BCUT2D eigenvalue weighted by molar-refractivity contribution is 0.0762. The lowest BCUT2D eigenvalue weighted by Gasteiger charge is -2.17. The van der Waals surface area contributed by atoms with Gasteiger partial charge >= 0.3 is 0 Å². The number of rotatable bonds is 4. The van der Waals surface area contributed by atoms with Crippen LogP contribution in [0.15, 0.2) is 48.8 Å². The van der Waals surface area contributed by atoms with Gasteiger partial charge < -0.3 is 15.7 Å². The number of aryl methyl sites for hydroxylation is 1. The maximum atomic E-state index is 14.4. The number of hydrogen-bond donors (Lipinski definition) is 2. The molecule has 0 bridgehead atoms. The highest BCUT2D eigenvalue weighted by molar-refractivity contribution is 5.96. The Kier molecular flexibility index (Phi) is 6.40. The van der Waals surface area contributed by atoms with Crippen LogP contribution >= 0.6 is 0 Å². The molecule has 0 atom stereocenters. The zero-order valence-corrected chi connectivity index (χ0v) is 16.7. The number of nitrogens with zero attached hydrogens (tertiary/aromatic N) is 3. The standard InChI is InChI=1S/C23H21FN4O2/c1-15-18(6-3-16-4-8-22(25)27-14-16)19(9-10-26-15)17-5-7-21(24)20(13-17)23(30)28(2)11-12-29/h4-5,7-10,13-14,29H,11-12H2,1-2H3,(H2,25,27). The molecule has 0 spiro atoms. The molecule has 0 unspecified atom stereocenters. The number of nitrogens with two attached hydrogens (primary N) is 1. The molecule has 1 amide bonds. The van der Waals surface area contributed by atoms with E-state index in [-0.39, 0.29) is 18.7 Å². The lowest BCUT2D eigenvalue weighted by Crippen LogP contribution is -2.30. The van der Waals surface area contributed by atoms with Gasteiger partial charge in [0.05, 0.1) is 23.4 Å². The number of anilines is 1. The van der Waals surface area contributed by atoms with Gasteiger partial charge in [0.1, 0.15) is 11.6 Å². The third-order valence-electron chi connectivity index (χ3n) is 4.55. The number of aromatic nitrogens is 2. The summed E-state index contributed by atoms with van der Waals surface area (Å²) in [6, 6.07) is 9.57. The number of amides is 1. The van der Waals surface area contributed by atoms with E-state index in [0.717, 1.165) is 5.56 Å². The fraction of sp³-hybridized carbons (Fsp3) is 0.174. The molecule has 1 aromatic carbocycles. The van der Waals surface area contributed by atoms with Gasteiger partial charge in [-0.15, -0.1) is 0 Å². The number of carbonyl (C=O) groups is 1. The van der Waals surface area contributed by atoms with E-state index in [0.29, 0.717) is 28.2 Å². The second-order valence-corrected chi connectivity index (χ2v) is 6.69. The molecule has 0 aliphatic rings. The second kappa shape index (κ2) is 9.16. The summed E-state index contributed by atoms with van der Waals surface area (Å²) in [5.74, 6) is 5.43. The maximum Gasteiger partial charge on any atom is 0.256 e. The normalized spacial score (nSPS) is 10.3. The van der Waals surface area contributed by atoms with Crippen LogP contribution < -0.4 is 5.73 Å². The molecule has 0 fully saturated rings. The molecule has 3 aromatic rings. The number of nitrogen functional groups attached to an aromatic ring is 1. The minimum atomic E-state index is -0.625. The quantitative estimate of drug-likeness (QED) is 0.652. The summed E-state index contributed by atoms with van der Waals surface area (Å²) < 4.78 is 14.4. The Labute approximate surface area is 174 Å². The van der Waals surface area contributed by atoms with Gasteiger partial charge in [0.15, 0.2) is 0 Å². The molecule has 0 aliphatic carbocycles. The minimum Gasteiger partial charge on any atom is -0.395 e. The molecule has 0 saturated heterocycles. The molecule has 152 valence electrons. The molecular weight excluding hydrogens is 383 g/mol. The first-order valence-corrected chi connectivity index (χ1v) is 9.26. The van der Waals surface area contributed by atoms with Crippen molar-refractivity contribution >= 4 is 11.7 Å². The molecule has 0 saturated carbocycles. The first kappa shape index (κ1) is 21.0.